The lowest BCUT2D eigenvalue weighted by Crippen LogP contribution is -2.38. The van der Waals surface area contributed by atoms with Gasteiger partial charge in [0.2, 0.25) is 0 Å². The molecule has 0 fully saturated rings. The Labute approximate surface area is 66.6 Å². The average molecular weight is 166 g/mol. The second kappa shape index (κ2) is 2.30. The molecule has 5 heteroatoms. The summed E-state index contributed by atoms with van der Waals surface area (Å²) in [6.45, 7) is 0. The fraction of sp³-hybridized carbons (Fsp3) is 0. The molecule has 0 amide bonds. The van der Waals surface area contributed by atoms with Crippen molar-refractivity contribution in [3.05, 3.63) is 27.0 Å². The molecular weight excluding hydrogens is 160 g/mol. The quantitative estimate of drug-likeness (QED) is 0.420. The van der Waals surface area contributed by atoms with Crippen LogP contribution in [0.2, 0.25) is 0 Å². The summed E-state index contributed by atoms with van der Waals surface area (Å²) in [4.78, 5) is 18.0. The van der Waals surface area contributed by atoms with Crippen LogP contribution in [0.15, 0.2) is 10.9 Å². The van der Waals surface area contributed by atoms with E-state index in [0.717, 1.165) is 6.07 Å². The highest BCUT2D eigenvalue weighted by Gasteiger charge is 1.99. The molecule has 0 bridgehead atoms. The lowest BCUT2D eigenvalue weighted by molar-refractivity contribution is 0.227. The van der Waals surface area contributed by atoms with Crippen LogP contribution in [0.3, 0.4) is 0 Å². The Bertz CT molecular complexity index is 474. The van der Waals surface area contributed by atoms with Gasteiger partial charge in [-0.05, 0) is 0 Å². The minimum Gasteiger partial charge on any atom is -0.507 e. The maximum atomic E-state index is 10.8. The Morgan fingerprint density at radius 3 is 3.17 bits per heavy atom. The zero-order chi connectivity index (χ0) is 8.55. The Hall–Kier alpha value is -1.91. The number of rotatable bonds is 0. The van der Waals surface area contributed by atoms with Gasteiger partial charge >= 0.3 is 0 Å². The summed E-state index contributed by atoms with van der Waals surface area (Å²) in [6, 6.07) is 1.11. The highest BCUT2D eigenvalue weighted by atomic mass is 16.6. The molecule has 0 aromatic carbocycles. The van der Waals surface area contributed by atoms with E-state index >= 15 is 0 Å². The SMILES string of the molecule is O=c1cc(O)c2c([nH]1)=CONC=2. The molecule has 5 nitrogen and oxygen atoms in total. The van der Waals surface area contributed by atoms with E-state index in [1.807, 2.05) is 0 Å². The summed E-state index contributed by atoms with van der Waals surface area (Å²) in [5.41, 5.74) is 2.08. The number of hydrogen-bond donors (Lipinski definition) is 3. The molecule has 1 aliphatic rings. The van der Waals surface area contributed by atoms with Crippen LogP contribution in [0, 0.1) is 0 Å². The highest BCUT2D eigenvalue weighted by molar-refractivity contribution is 5.34. The first-order valence-corrected chi connectivity index (χ1v) is 3.31. The molecular formula is C7H6N2O3. The molecule has 62 valence electrons. The van der Waals surface area contributed by atoms with Crippen molar-refractivity contribution >= 4 is 12.5 Å². The number of aromatic nitrogens is 1. The Morgan fingerprint density at radius 2 is 2.33 bits per heavy atom. The molecule has 0 radical (unpaired) electrons. The van der Waals surface area contributed by atoms with Gasteiger partial charge in [0.05, 0.1) is 10.6 Å². The largest absolute Gasteiger partial charge is 0.507 e. The molecule has 0 atom stereocenters. The fourth-order valence-electron chi connectivity index (χ4n) is 1.01. The molecule has 1 aromatic rings. The van der Waals surface area contributed by atoms with Crippen LogP contribution in [0.1, 0.15) is 0 Å². The Balaban J connectivity index is 2.96. The molecule has 0 aliphatic carbocycles. The van der Waals surface area contributed by atoms with Crippen molar-refractivity contribution in [3.8, 4) is 5.75 Å². The van der Waals surface area contributed by atoms with Crippen molar-refractivity contribution in [2.75, 3.05) is 0 Å². The molecule has 0 spiro atoms. The van der Waals surface area contributed by atoms with Crippen molar-refractivity contribution in [3.63, 3.8) is 0 Å². The summed E-state index contributed by atoms with van der Waals surface area (Å²) in [5.74, 6) is -0.0687. The van der Waals surface area contributed by atoms with Crippen LogP contribution in [0.5, 0.6) is 5.75 Å². The second-order valence-corrected chi connectivity index (χ2v) is 2.34. The molecule has 0 saturated carbocycles. The minimum absolute atomic E-state index is 0.0687. The van der Waals surface area contributed by atoms with Gasteiger partial charge in [0.1, 0.15) is 12.0 Å². The van der Waals surface area contributed by atoms with Crippen LogP contribution < -0.4 is 21.6 Å². The summed E-state index contributed by atoms with van der Waals surface area (Å²) in [7, 11) is 0. The van der Waals surface area contributed by atoms with Crippen LogP contribution in [0.25, 0.3) is 12.5 Å². The fourth-order valence-corrected chi connectivity index (χ4v) is 1.01. The third-order valence-corrected chi connectivity index (χ3v) is 1.54. The molecule has 12 heavy (non-hydrogen) atoms. The molecule has 0 unspecified atom stereocenters. The first-order valence-electron chi connectivity index (χ1n) is 3.31. The van der Waals surface area contributed by atoms with Gasteiger partial charge in [-0.1, -0.05) is 0 Å². The van der Waals surface area contributed by atoms with E-state index in [2.05, 4.69) is 10.5 Å². The van der Waals surface area contributed by atoms with Crippen molar-refractivity contribution in [2.45, 2.75) is 0 Å². The van der Waals surface area contributed by atoms with E-state index in [4.69, 9.17) is 4.84 Å². The number of hydroxylamine groups is 1. The summed E-state index contributed by atoms with van der Waals surface area (Å²) in [5, 5.41) is 10.2. The molecule has 2 heterocycles. The number of aromatic amines is 1. The van der Waals surface area contributed by atoms with Gasteiger partial charge in [-0.3, -0.25) is 4.79 Å². The van der Waals surface area contributed by atoms with E-state index in [-0.39, 0.29) is 11.3 Å². The van der Waals surface area contributed by atoms with Gasteiger partial charge in [-0.25, -0.2) is 5.48 Å². The monoisotopic (exact) mass is 166 g/mol. The van der Waals surface area contributed by atoms with Crippen LogP contribution in [-0.4, -0.2) is 10.1 Å². The van der Waals surface area contributed by atoms with Crippen molar-refractivity contribution in [2.24, 2.45) is 0 Å². The van der Waals surface area contributed by atoms with E-state index in [0.29, 0.717) is 10.6 Å². The predicted molar refractivity (Wildman–Crippen MR) is 41.1 cm³/mol. The van der Waals surface area contributed by atoms with Gasteiger partial charge in [0.15, 0.2) is 0 Å². The van der Waals surface area contributed by atoms with Gasteiger partial charge in [-0.15, -0.1) is 0 Å². The van der Waals surface area contributed by atoms with Crippen LogP contribution >= 0.6 is 0 Å². The molecule has 0 saturated heterocycles. The number of pyridine rings is 1. The van der Waals surface area contributed by atoms with Crippen LogP contribution in [0.4, 0.5) is 0 Å². The first kappa shape index (κ1) is 6.78. The van der Waals surface area contributed by atoms with E-state index in [9.17, 15) is 9.90 Å². The minimum atomic E-state index is -0.360. The van der Waals surface area contributed by atoms with Crippen molar-refractivity contribution in [1.29, 1.82) is 0 Å². The number of hydrogen-bond acceptors (Lipinski definition) is 4. The maximum absolute atomic E-state index is 10.8. The average Bonchev–Trinajstić information content (AvgIpc) is 2.04. The number of fused-ring (bicyclic) bond motifs is 1. The zero-order valence-corrected chi connectivity index (χ0v) is 6.00. The summed E-state index contributed by atoms with van der Waals surface area (Å²) < 4.78 is 0. The van der Waals surface area contributed by atoms with Gasteiger partial charge in [0.25, 0.3) is 5.56 Å². The van der Waals surface area contributed by atoms with E-state index < -0.39 is 0 Å². The smallest absolute Gasteiger partial charge is 0.252 e. The van der Waals surface area contributed by atoms with Gasteiger partial charge < -0.3 is 14.9 Å². The van der Waals surface area contributed by atoms with Gasteiger partial charge in [0, 0.05) is 12.3 Å². The summed E-state index contributed by atoms with van der Waals surface area (Å²) in [6.07, 6.45) is 2.77. The van der Waals surface area contributed by atoms with Gasteiger partial charge in [-0.2, -0.15) is 0 Å². The zero-order valence-electron chi connectivity index (χ0n) is 6.00. The number of nitrogens with one attached hydrogen (secondary N) is 2. The third-order valence-electron chi connectivity index (χ3n) is 1.54. The van der Waals surface area contributed by atoms with E-state index in [1.165, 1.54) is 12.5 Å². The van der Waals surface area contributed by atoms with Crippen molar-refractivity contribution < 1.29 is 9.94 Å². The van der Waals surface area contributed by atoms with E-state index in [1.54, 1.807) is 0 Å². The standard InChI is InChI=1S/C7H6N2O3/c10-6-1-7(11)9-5-3-12-8-2-4(5)6/h1-3,8,10H,(H,9,11). The Morgan fingerprint density at radius 1 is 1.50 bits per heavy atom. The highest BCUT2D eigenvalue weighted by Crippen LogP contribution is 1.89. The molecule has 3 N–H and O–H groups in total. The third kappa shape index (κ3) is 0.914. The topological polar surface area (TPSA) is 74.3 Å². The lowest BCUT2D eigenvalue weighted by atomic mass is 10.3. The summed E-state index contributed by atoms with van der Waals surface area (Å²) >= 11 is 0. The van der Waals surface area contributed by atoms with Crippen LogP contribution in [-0.2, 0) is 4.84 Å². The normalized spacial score (nSPS) is 13.0. The molecule has 2 rings (SSSR count). The maximum Gasteiger partial charge on any atom is 0.252 e. The number of H-pyrrole nitrogens is 1. The molecule has 1 aromatic heterocycles. The Kier molecular flexibility index (Phi) is 1.30. The second-order valence-electron chi connectivity index (χ2n) is 2.34. The predicted octanol–water partition coefficient (Wildman–Crippen LogP) is -1.91. The number of aromatic hydroxyl groups is 1. The molecule has 1 aliphatic heterocycles. The lowest BCUT2D eigenvalue weighted by Gasteiger charge is -2.03. The first-order chi connectivity index (χ1) is 5.77. The van der Waals surface area contributed by atoms with Crippen molar-refractivity contribution in [1.82, 2.24) is 10.5 Å².